The summed E-state index contributed by atoms with van der Waals surface area (Å²) in [5, 5.41) is 5.52. The summed E-state index contributed by atoms with van der Waals surface area (Å²) < 4.78 is 46.1. The van der Waals surface area contributed by atoms with Gasteiger partial charge >= 0.3 is 18.2 Å². The number of benzene rings is 1. The number of imide groups is 1. The molecule has 0 aliphatic rings. The Morgan fingerprint density at radius 2 is 1.68 bits per heavy atom. The fraction of sp³-hybridized carbons (Fsp3) is 0.474. The number of ether oxygens (including phenoxy) is 2. The lowest BCUT2D eigenvalue weighted by Gasteiger charge is -2.21. The predicted octanol–water partition coefficient (Wildman–Crippen LogP) is 1.77. The van der Waals surface area contributed by atoms with Gasteiger partial charge < -0.3 is 20.1 Å². The molecule has 1 aromatic rings. The van der Waals surface area contributed by atoms with E-state index in [-0.39, 0.29) is 5.56 Å². The first-order chi connectivity index (χ1) is 14.4. The summed E-state index contributed by atoms with van der Waals surface area (Å²) in [6.45, 7) is 3.00. The highest BCUT2D eigenvalue weighted by Crippen LogP contribution is 2.13. The lowest BCUT2D eigenvalue weighted by atomic mass is 10.0. The molecule has 0 saturated carbocycles. The molecule has 12 heteroatoms. The highest BCUT2D eigenvalue weighted by Gasteiger charge is 2.29. The van der Waals surface area contributed by atoms with Crippen molar-refractivity contribution in [2.75, 3.05) is 19.8 Å². The van der Waals surface area contributed by atoms with E-state index >= 15 is 0 Å². The van der Waals surface area contributed by atoms with Crippen LogP contribution in [0.15, 0.2) is 24.3 Å². The highest BCUT2D eigenvalue weighted by atomic mass is 19.4. The Hall–Kier alpha value is -3.31. The molecule has 0 bridgehead atoms. The molecule has 0 unspecified atom stereocenters. The van der Waals surface area contributed by atoms with Gasteiger partial charge in [0.1, 0.15) is 18.3 Å². The number of carbonyl (C=O) groups excluding carboxylic acids is 4. The second-order valence-electron chi connectivity index (χ2n) is 6.61. The van der Waals surface area contributed by atoms with Crippen LogP contribution in [-0.2, 0) is 14.3 Å². The molecule has 0 aliphatic heterocycles. The summed E-state index contributed by atoms with van der Waals surface area (Å²) in [6.07, 6.45) is -4.64. The first kappa shape index (κ1) is 25.7. The molecule has 172 valence electrons. The molecule has 0 aliphatic carbocycles. The van der Waals surface area contributed by atoms with Crippen molar-refractivity contribution in [2.45, 2.75) is 33.0 Å². The van der Waals surface area contributed by atoms with E-state index in [9.17, 15) is 32.3 Å². The van der Waals surface area contributed by atoms with Crippen LogP contribution >= 0.6 is 0 Å². The molecule has 31 heavy (non-hydrogen) atoms. The van der Waals surface area contributed by atoms with Crippen LogP contribution in [0.4, 0.5) is 18.0 Å². The molecule has 4 amide bonds. The van der Waals surface area contributed by atoms with E-state index in [4.69, 9.17) is 9.47 Å². The van der Waals surface area contributed by atoms with Gasteiger partial charge in [-0.3, -0.25) is 14.9 Å². The molecule has 0 heterocycles. The smallest absolute Gasteiger partial charge is 0.405 e. The Kier molecular flexibility index (Phi) is 9.77. The number of hydrogen-bond donors (Lipinski definition) is 3. The van der Waals surface area contributed by atoms with Crippen LogP contribution in [0, 0.1) is 5.92 Å². The number of rotatable bonds is 9. The normalized spacial score (nSPS) is 12.0. The summed E-state index contributed by atoms with van der Waals surface area (Å²) >= 11 is 0. The third-order valence-electron chi connectivity index (χ3n) is 3.68. The standard InChI is InChI=1S/C19H24F3N3O6/c1-4-30-13-7-5-12(6-8-13)16(27)25-15(11(2)3)17(28)31-9-14(26)24-18(29)23-10-19(20,21)22/h5-8,11,15H,4,9-10H2,1-3H3,(H,25,27)(H2,23,24,26,29)/t15-/m0/s1. The molecule has 0 saturated heterocycles. The van der Waals surface area contributed by atoms with Crippen LogP contribution in [0.5, 0.6) is 5.75 Å². The monoisotopic (exact) mass is 447 g/mol. The minimum Gasteiger partial charge on any atom is -0.494 e. The van der Waals surface area contributed by atoms with Crippen LogP contribution in [0.3, 0.4) is 0 Å². The molecule has 0 radical (unpaired) electrons. The quantitative estimate of drug-likeness (QED) is 0.496. The highest BCUT2D eigenvalue weighted by molar-refractivity contribution is 5.98. The maximum atomic E-state index is 12.4. The largest absolute Gasteiger partial charge is 0.494 e. The van der Waals surface area contributed by atoms with E-state index in [0.717, 1.165) is 0 Å². The van der Waals surface area contributed by atoms with Crippen molar-refractivity contribution in [1.29, 1.82) is 0 Å². The van der Waals surface area contributed by atoms with Crippen molar-refractivity contribution in [2.24, 2.45) is 5.92 Å². The lowest BCUT2D eigenvalue weighted by Crippen LogP contribution is -2.47. The molecule has 3 N–H and O–H groups in total. The third kappa shape index (κ3) is 9.83. The van der Waals surface area contributed by atoms with Gasteiger partial charge in [0.05, 0.1) is 6.61 Å². The number of carbonyl (C=O) groups is 4. The first-order valence-corrected chi connectivity index (χ1v) is 9.27. The Morgan fingerprint density at radius 3 is 2.19 bits per heavy atom. The number of nitrogens with one attached hydrogen (secondary N) is 3. The molecule has 1 rings (SSSR count). The minimum atomic E-state index is -4.64. The maximum absolute atomic E-state index is 12.4. The van der Waals surface area contributed by atoms with Crippen LogP contribution in [0.1, 0.15) is 31.1 Å². The number of hydrogen-bond acceptors (Lipinski definition) is 6. The number of alkyl halides is 3. The zero-order valence-corrected chi connectivity index (χ0v) is 17.2. The van der Waals surface area contributed by atoms with Crippen molar-refractivity contribution in [1.82, 2.24) is 16.0 Å². The van der Waals surface area contributed by atoms with E-state index in [2.05, 4.69) is 5.32 Å². The zero-order chi connectivity index (χ0) is 23.6. The Morgan fingerprint density at radius 1 is 1.06 bits per heavy atom. The second kappa shape index (κ2) is 11.8. The SMILES string of the molecule is CCOc1ccc(C(=O)N[C@H](C(=O)OCC(=O)NC(=O)NCC(F)(F)F)C(C)C)cc1. The van der Waals surface area contributed by atoms with Crippen molar-refractivity contribution >= 4 is 23.8 Å². The second-order valence-corrected chi connectivity index (χ2v) is 6.61. The summed E-state index contributed by atoms with van der Waals surface area (Å²) in [5.41, 5.74) is 0.265. The van der Waals surface area contributed by atoms with E-state index < -0.39 is 55.1 Å². The molecule has 0 spiro atoms. The summed E-state index contributed by atoms with van der Waals surface area (Å²) in [4.78, 5) is 47.4. The summed E-state index contributed by atoms with van der Waals surface area (Å²) in [6, 6.07) is 3.71. The van der Waals surface area contributed by atoms with Crippen LogP contribution in [0.2, 0.25) is 0 Å². The minimum absolute atomic E-state index is 0.265. The van der Waals surface area contributed by atoms with Crippen molar-refractivity contribution in [3.8, 4) is 5.75 Å². The van der Waals surface area contributed by atoms with E-state index in [1.165, 1.54) is 17.4 Å². The van der Waals surface area contributed by atoms with E-state index in [0.29, 0.717) is 12.4 Å². The van der Waals surface area contributed by atoms with Crippen LogP contribution < -0.4 is 20.7 Å². The zero-order valence-electron chi connectivity index (χ0n) is 17.2. The number of esters is 1. The van der Waals surface area contributed by atoms with Crippen molar-refractivity contribution in [3.63, 3.8) is 0 Å². The van der Waals surface area contributed by atoms with Crippen molar-refractivity contribution in [3.05, 3.63) is 29.8 Å². The van der Waals surface area contributed by atoms with Gasteiger partial charge in [-0.05, 0) is 37.1 Å². The van der Waals surface area contributed by atoms with Gasteiger partial charge in [0, 0.05) is 5.56 Å². The van der Waals surface area contributed by atoms with Gasteiger partial charge in [-0.1, -0.05) is 13.8 Å². The van der Waals surface area contributed by atoms with E-state index in [1.54, 1.807) is 31.3 Å². The summed E-state index contributed by atoms with van der Waals surface area (Å²) in [5.74, 6) is -2.47. The fourth-order valence-corrected chi connectivity index (χ4v) is 2.21. The number of halogens is 3. The average Bonchev–Trinajstić information content (AvgIpc) is 2.68. The molecule has 0 aromatic heterocycles. The topological polar surface area (TPSA) is 123 Å². The van der Waals surface area contributed by atoms with Gasteiger partial charge in [0.2, 0.25) is 0 Å². The van der Waals surface area contributed by atoms with Gasteiger partial charge in [0.15, 0.2) is 6.61 Å². The fourth-order valence-electron chi connectivity index (χ4n) is 2.21. The molecular weight excluding hydrogens is 423 g/mol. The van der Waals surface area contributed by atoms with Crippen molar-refractivity contribution < 1.29 is 41.8 Å². The Labute approximate surface area is 176 Å². The molecular formula is C19H24F3N3O6. The molecule has 0 fully saturated rings. The van der Waals surface area contributed by atoms with Crippen LogP contribution in [-0.4, -0.2) is 55.8 Å². The summed E-state index contributed by atoms with van der Waals surface area (Å²) in [7, 11) is 0. The number of amides is 4. The Balaban J connectivity index is 2.58. The molecule has 1 aromatic carbocycles. The van der Waals surface area contributed by atoms with Crippen LogP contribution in [0.25, 0.3) is 0 Å². The average molecular weight is 447 g/mol. The Bertz CT molecular complexity index is 781. The van der Waals surface area contributed by atoms with Gasteiger partial charge in [-0.25, -0.2) is 9.59 Å². The lowest BCUT2D eigenvalue weighted by molar-refractivity contribution is -0.151. The van der Waals surface area contributed by atoms with Gasteiger partial charge in [-0.2, -0.15) is 13.2 Å². The van der Waals surface area contributed by atoms with Gasteiger partial charge in [0.25, 0.3) is 11.8 Å². The van der Waals surface area contributed by atoms with Gasteiger partial charge in [-0.15, -0.1) is 0 Å². The van der Waals surface area contributed by atoms with E-state index in [1.807, 2.05) is 6.92 Å². The molecule has 1 atom stereocenters. The maximum Gasteiger partial charge on any atom is 0.405 e. The number of urea groups is 1. The third-order valence-corrected chi connectivity index (χ3v) is 3.68. The molecule has 9 nitrogen and oxygen atoms in total. The predicted molar refractivity (Wildman–Crippen MR) is 102 cm³/mol. The first-order valence-electron chi connectivity index (χ1n) is 9.27.